The summed E-state index contributed by atoms with van der Waals surface area (Å²) in [4.78, 5) is 17.2. The minimum Gasteiger partial charge on any atom is -0.424 e. The highest BCUT2D eigenvalue weighted by Gasteiger charge is 2.11. The fourth-order valence-corrected chi connectivity index (χ4v) is 1.67. The van der Waals surface area contributed by atoms with Crippen molar-refractivity contribution in [1.29, 1.82) is 5.26 Å². The van der Waals surface area contributed by atoms with E-state index in [0.29, 0.717) is 23.0 Å². The van der Waals surface area contributed by atoms with E-state index in [4.69, 9.17) is 9.68 Å². The van der Waals surface area contributed by atoms with Crippen LogP contribution in [-0.4, -0.2) is 29.9 Å². The van der Waals surface area contributed by atoms with Gasteiger partial charge in [0.15, 0.2) is 5.89 Å². The maximum Gasteiger partial charge on any atom is 0.253 e. The molecule has 2 rings (SSSR count). The van der Waals surface area contributed by atoms with Crippen molar-refractivity contribution >= 4 is 17.5 Å². The van der Waals surface area contributed by atoms with E-state index in [1.807, 2.05) is 6.07 Å². The molecule has 102 valence electrons. The van der Waals surface area contributed by atoms with Gasteiger partial charge in [-0.3, -0.25) is 4.79 Å². The fraction of sp³-hybridized carbons (Fsp3) is 0.214. The van der Waals surface area contributed by atoms with Crippen LogP contribution in [0.1, 0.15) is 21.9 Å². The molecule has 0 spiro atoms. The SMILES string of the molecule is Cc1nc(C#N)c(Nc2ccc(C(=O)N(C)C)cc2)o1. The van der Waals surface area contributed by atoms with Crippen molar-refractivity contribution < 1.29 is 9.21 Å². The number of aromatic nitrogens is 1. The minimum absolute atomic E-state index is 0.0650. The quantitative estimate of drug-likeness (QED) is 0.925. The summed E-state index contributed by atoms with van der Waals surface area (Å²) in [6.45, 7) is 1.67. The molecule has 0 aliphatic rings. The van der Waals surface area contributed by atoms with Gasteiger partial charge in [-0.15, -0.1) is 0 Å². The molecule has 0 unspecified atom stereocenters. The van der Waals surface area contributed by atoms with Crippen molar-refractivity contribution in [2.24, 2.45) is 0 Å². The van der Waals surface area contributed by atoms with Crippen LogP contribution in [0.25, 0.3) is 0 Å². The van der Waals surface area contributed by atoms with E-state index in [0.717, 1.165) is 0 Å². The molecule has 0 saturated heterocycles. The van der Waals surface area contributed by atoms with Crippen molar-refractivity contribution in [2.45, 2.75) is 6.92 Å². The summed E-state index contributed by atoms with van der Waals surface area (Å²) in [5.41, 5.74) is 1.51. The molecule has 0 atom stereocenters. The van der Waals surface area contributed by atoms with Crippen LogP contribution in [0.2, 0.25) is 0 Å². The van der Waals surface area contributed by atoms with Crippen LogP contribution in [0.4, 0.5) is 11.6 Å². The number of nitrogens with one attached hydrogen (secondary N) is 1. The van der Waals surface area contributed by atoms with Gasteiger partial charge in [-0.2, -0.15) is 5.26 Å². The molecule has 0 bridgehead atoms. The minimum atomic E-state index is -0.0650. The molecule has 1 aromatic carbocycles. The molecule has 0 fully saturated rings. The molecule has 1 aromatic heterocycles. The van der Waals surface area contributed by atoms with E-state index in [2.05, 4.69) is 10.3 Å². The standard InChI is InChI=1S/C14H14N4O2/c1-9-16-12(8-15)13(20-9)17-11-6-4-10(5-7-11)14(19)18(2)3/h4-7,17H,1-3H3. The van der Waals surface area contributed by atoms with E-state index < -0.39 is 0 Å². The Morgan fingerprint density at radius 3 is 2.55 bits per heavy atom. The van der Waals surface area contributed by atoms with Gasteiger partial charge in [0.2, 0.25) is 11.6 Å². The summed E-state index contributed by atoms with van der Waals surface area (Å²) in [7, 11) is 3.40. The molecule has 1 N–H and O–H groups in total. The highest BCUT2D eigenvalue weighted by molar-refractivity contribution is 5.94. The monoisotopic (exact) mass is 270 g/mol. The van der Waals surface area contributed by atoms with E-state index in [1.165, 1.54) is 4.90 Å². The van der Waals surface area contributed by atoms with Gasteiger partial charge < -0.3 is 14.6 Å². The maximum absolute atomic E-state index is 11.8. The predicted molar refractivity (Wildman–Crippen MR) is 73.7 cm³/mol. The number of amides is 1. The van der Waals surface area contributed by atoms with Crippen LogP contribution < -0.4 is 5.32 Å². The topological polar surface area (TPSA) is 82.2 Å². The summed E-state index contributed by atoms with van der Waals surface area (Å²) < 4.78 is 5.31. The third-order valence-corrected chi connectivity index (χ3v) is 2.64. The van der Waals surface area contributed by atoms with Gasteiger partial charge in [0.25, 0.3) is 5.91 Å². The van der Waals surface area contributed by atoms with Crippen LogP contribution in [0.3, 0.4) is 0 Å². The number of rotatable bonds is 3. The molecular weight excluding hydrogens is 256 g/mol. The van der Waals surface area contributed by atoms with Gasteiger partial charge in [0, 0.05) is 32.3 Å². The third-order valence-electron chi connectivity index (χ3n) is 2.64. The van der Waals surface area contributed by atoms with Crippen molar-refractivity contribution in [3.05, 3.63) is 41.4 Å². The zero-order valence-corrected chi connectivity index (χ0v) is 11.5. The van der Waals surface area contributed by atoms with Crippen LogP contribution >= 0.6 is 0 Å². The molecular formula is C14H14N4O2. The molecule has 20 heavy (non-hydrogen) atoms. The first-order valence-electron chi connectivity index (χ1n) is 5.97. The molecule has 1 amide bonds. The zero-order chi connectivity index (χ0) is 14.7. The van der Waals surface area contributed by atoms with Crippen LogP contribution in [0.15, 0.2) is 28.7 Å². The van der Waals surface area contributed by atoms with Crippen molar-refractivity contribution in [2.75, 3.05) is 19.4 Å². The lowest BCUT2D eigenvalue weighted by Crippen LogP contribution is -2.21. The number of oxazole rings is 1. The van der Waals surface area contributed by atoms with Gasteiger partial charge >= 0.3 is 0 Å². The lowest BCUT2D eigenvalue weighted by Gasteiger charge is -2.10. The molecule has 0 radical (unpaired) electrons. The van der Waals surface area contributed by atoms with Gasteiger partial charge in [0.05, 0.1) is 0 Å². The first-order chi connectivity index (χ1) is 9.51. The lowest BCUT2D eigenvalue weighted by molar-refractivity contribution is 0.0827. The molecule has 0 aliphatic heterocycles. The van der Waals surface area contributed by atoms with Crippen LogP contribution in [0, 0.1) is 18.3 Å². The Hall–Kier alpha value is -2.81. The number of hydrogen-bond acceptors (Lipinski definition) is 5. The highest BCUT2D eigenvalue weighted by atomic mass is 16.4. The molecule has 6 heteroatoms. The molecule has 2 aromatic rings. The van der Waals surface area contributed by atoms with E-state index in [1.54, 1.807) is 45.3 Å². The van der Waals surface area contributed by atoms with Crippen molar-refractivity contribution in [1.82, 2.24) is 9.88 Å². The third kappa shape index (κ3) is 2.78. The first-order valence-corrected chi connectivity index (χ1v) is 5.97. The Labute approximate surface area is 116 Å². The van der Waals surface area contributed by atoms with E-state index >= 15 is 0 Å². The predicted octanol–water partition coefficient (Wildman–Crippen LogP) is 2.30. The van der Waals surface area contributed by atoms with Crippen molar-refractivity contribution in [3.63, 3.8) is 0 Å². The van der Waals surface area contributed by atoms with Gasteiger partial charge in [-0.1, -0.05) is 0 Å². The number of nitrogens with zero attached hydrogens (tertiary/aromatic N) is 3. The zero-order valence-electron chi connectivity index (χ0n) is 11.5. The van der Waals surface area contributed by atoms with Gasteiger partial charge in [-0.25, -0.2) is 4.98 Å². The average Bonchev–Trinajstić information content (AvgIpc) is 2.78. The molecule has 1 heterocycles. The Morgan fingerprint density at radius 1 is 1.35 bits per heavy atom. The summed E-state index contributed by atoms with van der Waals surface area (Å²) in [6.07, 6.45) is 0. The fourth-order valence-electron chi connectivity index (χ4n) is 1.67. The summed E-state index contributed by atoms with van der Waals surface area (Å²) in [5, 5.41) is 11.9. The summed E-state index contributed by atoms with van der Waals surface area (Å²) in [5.74, 6) is 0.657. The number of benzene rings is 1. The number of carbonyl (C=O) groups excluding carboxylic acids is 1. The number of carbonyl (C=O) groups is 1. The second kappa shape index (κ2) is 5.45. The lowest BCUT2D eigenvalue weighted by atomic mass is 10.2. The maximum atomic E-state index is 11.8. The van der Waals surface area contributed by atoms with E-state index in [-0.39, 0.29) is 11.6 Å². The first kappa shape index (κ1) is 13.6. The highest BCUT2D eigenvalue weighted by Crippen LogP contribution is 2.21. The number of nitriles is 1. The second-order valence-corrected chi connectivity index (χ2v) is 4.42. The average molecular weight is 270 g/mol. The number of aryl methyl sites for hydroxylation is 1. The van der Waals surface area contributed by atoms with Crippen molar-refractivity contribution in [3.8, 4) is 6.07 Å². The Morgan fingerprint density at radius 2 is 2.00 bits per heavy atom. The van der Waals surface area contributed by atoms with E-state index in [9.17, 15) is 4.79 Å². The van der Waals surface area contributed by atoms with Crippen LogP contribution in [0.5, 0.6) is 0 Å². The Bertz CT molecular complexity index is 665. The second-order valence-electron chi connectivity index (χ2n) is 4.42. The van der Waals surface area contributed by atoms with Crippen LogP contribution in [-0.2, 0) is 0 Å². The molecule has 0 aliphatic carbocycles. The van der Waals surface area contributed by atoms with Gasteiger partial charge in [0.1, 0.15) is 6.07 Å². The van der Waals surface area contributed by atoms with Gasteiger partial charge in [-0.05, 0) is 24.3 Å². The largest absolute Gasteiger partial charge is 0.424 e. The molecule has 0 saturated carbocycles. The summed E-state index contributed by atoms with van der Waals surface area (Å²) in [6, 6.07) is 8.86. The summed E-state index contributed by atoms with van der Waals surface area (Å²) >= 11 is 0. The Kier molecular flexibility index (Phi) is 3.71. The smallest absolute Gasteiger partial charge is 0.253 e. The molecule has 6 nitrogen and oxygen atoms in total. The normalized spacial score (nSPS) is 9.90. The number of anilines is 2. The Balaban J connectivity index is 2.19. The number of hydrogen-bond donors (Lipinski definition) is 1.